The molecule has 0 spiro atoms. The van der Waals surface area contributed by atoms with E-state index in [4.69, 9.17) is 9.15 Å². The van der Waals surface area contributed by atoms with Gasteiger partial charge in [-0.15, -0.1) is 0 Å². The Balaban J connectivity index is 1.53. The standard InChI is InChI=1S/C24H27NO5S/c1-24(2,3)19-9-11-20(12-10-19)29-16-14-25-23(26)22-18(13-15-30-22)17-31(27,28)21-7-5-4-6-8-21/h4-13,15H,14,16-17H2,1-3H3,(H,25,26). The van der Waals surface area contributed by atoms with E-state index in [1.807, 2.05) is 24.3 Å². The van der Waals surface area contributed by atoms with E-state index in [0.29, 0.717) is 5.56 Å². The van der Waals surface area contributed by atoms with Crippen molar-refractivity contribution >= 4 is 15.7 Å². The SMILES string of the molecule is CC(C)(C)c1ccc(OCCNC(=O)c2occc2CS(=O)(=O)c2ccccc2)cc1. The van der Waals surface area contributed by atoms with Crippen LogP contribution in [0.5, 0.6) is 5.75 Å². The van der Waals surface area contributed by atoms with Crippen LogP contribution in [0.25, 0.3) is 0 Å². The predicted molar refractivity (Wildman–Crippen MR) is 119 cm³/mol. The molecule has 2 aromatic carbocycles. The van der Waals surface area contributed by atoms with E-state index >= 15 is 0 Å². The number of rotatable bonds is 8. The fourth-order valence-corrected chi connectivity index (χ4v) is 4.40. The summed E-state index contributed by atoms with van der Waals surface area (Å²) in [5.74, 6) is -0.0775. The smallest absolute Gasteiger partial charge is 0.287 e. The summed E-state index contributed by atoms with van der Waals surface area (Å²) in [5, 5.41) is 2.70. The summed E-state index contributed by atoms with van der Waals surface area (Å²) in [5.41, 5.74) is 1.60. The number of hydrogen-bond acceptors (Lipinski definition) is 5. The van der Waals surface area contributed by atoms with Crippen molar-refractivity contribution in [3.63, 3.8) is 0 Å². The van der Waals surface area contributed by atoms with Crippen LogP contribution in [0.4, 0.5) is 0 Å². The molecule has 0 saturated heterocycles. The third-order valence-electron chi connectivity index (χ3n) is 4.78. The average Bonchev–Trinajstić information content (AvgIpc) is 3.19. The zero-order valence-corrected chi connectivity index (χ0v) is 18.7. The maximum absolute atomic E-state index is 12.6. The quantitative estimate of drug-likeness (QED) is 0.525. The molecule has 31 heavy (non-hydrogen) atoms. The van der Waals surface area contributed by atoms with Crippen molar-refractivity contribution in [2.45, 2.75) is 36.8 Å². The number of ether oxygens (including phenoxy) is 1. The van der Waals surface area contributed by atoms with Crippen LogP contribution in [0.1, 0.15) is 42.5 Å². The molecule has 1 aromatic heterocycles. The first kappa shape index (κ1) is 22.6. The van der Waals surface area contributed by atoms with Crippen molar-refractivity contribution in [1.82, 2.24) is 5.32 Å². The molecule has 7 heteroatoms. The minimum atomic E-state index is -3.58. The van der Waals surface area contributed by atoms with Crippen LogP contribution in [0, 0.1) is 0 Å². The van der Waals surface area contributed by atoms with Crippen molar-refractivity contribution < 1.29 is 22.4 Å². The number of carbonyl (C=O) groups is 1. The minimum absolute atomic E-state index is 0.00552. The second-order valence-corrected chi connectivity index (χ2v) is 10.2. The average molecular weight is 442 g/mol. The van der Waals surface area contributed by atoms with E-state index in [2.05, 4.69) is 26.1 Å². The van der Waals surface area contributed by atoms with Gasteiger partial charge < -0.3 is 14.5 Å². The molecular formula is C24H27NO5S. The lowest BCUT2D eigenvalue weighted by Gasteiger charge is -2.19. The molecule has 0 aliphatic rings. The molecule has 1 amide bonds. The van der Waals surface area contributed by atoms with Crippen LogP contribution < -0.4 is 10.1 Å². The van der Waals surface area contributed by atoms with Crippen molar-refractivity contribution in [3.8, 4) is 5.75 Å². The minimum Gasteiger partial charge on any atom is -0.492 e. The maximum Gasteiger partial charge on any atom is 0.287 e. The van der Waals surface area contributed by atoms with Gasteiger partial charge in [-0.2, -0.15) is 0 Å². The van der Waals surface area contributed by atoms with Crippen LogP contribution in [0.15, 0.2) is 76.2 Å². The van der Waals surface area contributed by atoms with Gasteiger partial charge in [0.05, 0.1) is 23.5 Å². The Morgan fingerprint density at radius 2 is 1.68 bits per heavy atom. The van der Waals surface area contributed by atoms with E-state index in [1.54, 1.807) is 18.2 Å². The van der Waals surface area contributed by atoms with E-state index in [9.17, 15) is 13.2 Å². The first-order chi connectivity index (χ1) is 14.7. The van der Waals surface area contributed by atoms with Crippen LogP contribution in [-0.4, -0.2) is 27.5 Å². The van der Waals surface area contributed by atoms with Crippen molar-refractivity contribution in [2.24, 2.45) is 0 Å². The van der Waals surface area contributed by atoms with Gasteiger partial charge in [-0.05, 0) is 41.3 Å². The Labute approximate surface area is 183 Å². The number of sulfone groups is 1. The molecule has 6 nitrogen and oxygen atoms in total. The number of furan rings is 1. The molecule has 0 atom stereocenters. The van der Waals surface area contributed by atoms with Crippen LogP contribution in [0.3, 0.4) is 0 Å². The normalized spacial score (nSPS) is 11.8. The second kappa shape index (κ2) is 9.39. The van der Waals surface area contributed by atoms with Gasteiger partial charge in [-0.25, -0.2) is 8.42 Å². The summed E-state index contributed by atoms with van der Waals surface area (Å²) in [7, 11) is -3.58. The lowest BCUT2D eigenvalue weighted by Crippen LogP contribution is -2.28. The first-order valence-corrected chi connectivity index (χ1v) is 11.7. The maximum atomic E-state index is 12.6. The monoisotopic (exact) mass is 441 g/mol. The van der Waals surface area contributed by atoms with E-state index in [0.717, 1.165) is 5.75 Å². The summed E-state index contributed by atoms with van der Waals surface area (Å²) < 4.78 is 36.1. The third-order valence-corrected chi connectivity index (χ3v) is 6.46. The molecular weight excluding hydrogens is 414 g/mol. The molecule has 164 valence electrons. The molecule has 0 aliphatic heterocycles. The van der Waals surface area contributed by atoms with Gasteiger partial charge in [-0.1, -0.05) is 51.1 Å². The molecule has 0 saturated carbocycles. The Bertz CT molecular complexity index is 1110. The second-order valence-electron chi connectivity index (χ2n) is 8.23. The molecule has 3 rings (SSSR count). The van der Waals surface area contributed by atoms with Crippen molar-refractivity contribution in [2.75, 3.05) is 13.2 Å². The summed E-state index contributed by atoms with van der Waals surface area (Å²) in [6, 6.07) is 17.5. The number of hydrogen-bond donors (Lipinski definition) is 1. The molecule has 0 bridgehead atoms. The van der Waals surface area contributed by atoms with Crippen LogP contribution >= 0.6 is 0 Å². The summed E-state index contributed by atoms with van der Waals surface area (Å²) in [6.07, 6.45) is 1.32. The lowest BCUT2D eigenvalue weighted by molar-refractivity contribution is 0.0918. The van der Waals surface area contributed by atoms with E-state index < -0.39 is 15.7 Å². The third kappa shape index (κ3) is 5.98. The predicted octanol–water partition coefficient (Wildman–Crippen LogP) is 4.36. The van der Waals surface area contributed by atoms with Gasteiger partial charge in [0.15, 0.2) is 15.6 Å². The lowest BCUT2D eigenvalue weighted by atomic mass is 9.87. The largest absolute Gasteiger partial charge is 0.492 e. The summed E-state index contributed by atoms with van der Waals surface area (Å²) in [4.78, 5) is 12.7. The molecule has 0 unspecified atom stereocenters. The summed E-state index contributed by atoms with van der Waals surface area (Å²) >= 11 is 0. The molecule has 0 fully saturated rings. The van der Waals surface area contributed by atoms with Gasteiger partial charge >= 0.3 is 0 Å². The highest BCUT2D eigenvalue weighted by atomic mass is 32.2. The highest BCUT2D eigenvalue weighted by Crippen LogP contribution is 2.24. The molecule has 1 N–H and O–H groups in total. The highest BCUT2D eigenvalue weighted by molar-refractivity contribution is 7.90. The number of nitrogens with one attached hydrogen (secondary N) is 1. The molecule has 3 aromatic rings. The topological polar surface area (TPSA) is 85.6 Å². The van der Waals surface area contributed by atoms with Gasteiger partial charge in [0.2, 0.25) is 0 Å². The first-order valence-electron chi connectivity index (χ1n) is 10.0. The number of amides is 1. The molecule has 0 radical (unpaired) electrons. The van der Waals surface area contributed by atoms with Gasteiger partial charge in [0.1, 0.15) is 12.4 Å². The van der Waals surface area contributed by atoms with Crippen LogP contribution in [0.2, 0.25) is 0 Å². The van der Waals surface area contributed by atoms with E-state index in [-0.39, 0.29) is 35.0 Å². The molecule has 0 aliphatic carbocycles. The Morgan fingerprint density at radius 1 is 1.00 bits per heavy atom. The zero-order valence-electron chi connectivity index (χ0n) is 17.9. The van der Waals surface area contributed by atoms with Gasteiger partial charge in [0.25, 0.3) is 5.91 Å². The fourth-order valence-electron chi connectivity index (χ4n) is 3.03. The zero-order chi connectivity index (χ0) is 22.5. The Hall–Kier alpha value is -3.06. The van der Waals surface area contributed by atoms with Crippen LogP contribution in [-0.2, 0) is 21.0 Å². The van der Waals surface area contributed by atoms with Crippen molar-refractivity contribution in [3.05, 3.63) is 83.8 Å². The Kier molecular flexibility index (Phi) is 6.85. The van der Waals surface area contributed by atoms with E-state index in [1.165, 1.54) is 30.0 Å². The Morgan fingerprint density at radius 3 is 2.32 bits per heavy atom. The number of benzene rings is 2. The van der Waals surface area contributed by atoms with Gasteiger partial charge in [0, 0.05) is 5.56 Å². The highest BCUT2D eigenvalue weighted by Gasteiger charge is 2.22. The van der Waals surface area contributed by atoms with Crippen molar-refractivity contribution in [1.29, 1.82) is 0 Å². The number of carbonyl (C=O) groups excluding carboxylic acids is 1. The summed E-state index contributed by atoms with van der Waals surface area (Å²) in [6.45, 7) is 6.97. The fraction of sp³-hybridized carbons (Fsp3) is 0.292. The van der Waals surface area contributed by atoms with Gasteiger partial charge in [-0.3, -0.25) is 4.79 Å². The molecule has 1 heterocycles.